The van der Waals surface area contributed by atoms with Crippen LogP contribution in [-0.4, -0.2) is 19.3 Å². The molecule has 0 aliphatic carbocycles. The maximum atomic E-state index is 14.2. The fourth-order valence-corrected chi connectivity index (χ4v) is 2.09. The molecular formula is C12H14BrFO3. The zero-order valence-corrected chi connectivity index (χ0v) is 11.3. The molecule has 1 aromatic carbocycles. The smallest absolute Gasteiger partial charge is 0.187 e. The summed E-state index contributed by atoms with van der Waals surface area (Å²) in [6.45, 7) is 4.67. The first-order valence-corrected chi connectivity index (χ1v) is 6.26. The Balaban J connectivity index is 2.34. The number of hydrogen-bond acceptors (Lipinski definition) is 3. The first-order valence-electron chi connectivity index (χ1n) is 5.46. The second-order valence-electron chi connectivity index (χ2n) is 4.05. The van der Waals surface area contributed by atoms with Gasteiger partial charge < -0.3 is 14.2 Å². The van der Waals surface area contributed by atoms with Crippen LogP contribution in [-0.2, 0) is 9.47 Å². The van der Waals surface area contributed by atoms with E-state index in [4.69, 9.17) is 14.2 Å². The molecule has 2 rings (SSSR count). The van der Waals surface area contributed by atoms with Crippen LogP contribution < -0.4 is 4.74 Å². The summed E-state index contributed by atoms with van der Waals surface area (Å²) in [5.74, 6) is -0.211. The Kier molecular flexibility index (Phi) is 4.01. The minimum absolute atomic E-state index is 0.0861. The second kappa shape index (κ2) is 5.33. The van der Waals surface area contributed by atoms with E-state index in [0.29, 0.717) is 18.8 Å². The Morgan fingerprint density at radius 1 is 1.35 bits per heavy atom. The number of rotatable bonds is 3. The van der Waals surface area contributed by atoms with Crippen LogP contribution in [0.1, 0.15) is 25.7 Å². The van der Waals surface area contributed by atoms with Crippen LogP contribution in [0.5, 0.6) is 5.75 Å². The average molecular weight is 305 g/mol. The van der Waals surface area contributed by atoms with Gasteiger partial charge in [0, 0.05) is 10.0 Å². The largest absolute Gasteiger partial charge is 0.488 e. The van der Waals surface area contributed by atoms with E-state index in [1.807, 2.05) is 13.8 Å². The molecule has 0 aromatic heterocycles. The Labute approximate surface area is 108 Å². The van der Waals surface area contributed by atoms with E-state index in [2.05, 4.69) is 15.9 Å². The quantitative estimate of drug-likeness (QED) is 0.856. The number of ether oxygens (including phenoxy) is 3. The van der Waals surface area contributed by atoms with Crippen LogP contribution in [0.4, 0.5) is 4.39 Å². The lowest BCUT2D eigenvalue weighted by molar-refractivity contribution is -0.0468. The van der Waals surface area contributed by atoms with Crippen molar-refractivity contribution in [3.8, 4) is 5.75 Å². The van der Waals surface area contributed by atoms with Gasteiger partial charge in [0.25, 0.3) is 0 Å². The first kappa shape index (κ1) is 12.8. The zero-order valence-electron chi connectivity index (χ0n) is 9.70. The summed E-state index contributed by atoms with van der Waals surface area (Å²) in [5.41, 5.74) is 0.368. The van der Waals surface area contributed by atoms with E-state index in [9.17, 15) is 4.39 Å². The fraction of sp³-hybridized carbons (Fsp3) is 0.500. The summed E-state index contributed by atoms with van der Waals surface area (Å²) in [5, 5.41) is 0. The van der Waals surface area contributed by atoms with Gasteiger partial charge in [0.1, 0.15) is 0 Å². The van der Waals surface area contributed by atoms with E-state index < -0.39 is 12.1 Å². The van der Waals surface area contributed by atoms with Gasteiger partial charge in [-0.15, -0.1) is 0 Å². The molecule has 1 aliphatic rings. The van der Waals surface area contributed by atoms with E-state index in [0.717, 1.165) is 4.47 Å². The summed E-state index contributed by atoms with van der Waals surface area (Å²) in [6, 6.07) is 3.26. The average Bonchev–Trinajstić information content (AvgIpc) is 2.75. The molecule has 0 N–H and O–H groups in total. The zero-order chi connectivity index (χ0) is 12.4. The van der Waals surface area contributed by atoms with E-state index in [-0.39, 0.29) is 11.9 Å². The van der Waals surface area contributed by atoms with E-state index in [1.54, 1.807) is 12.1 Å². The predicted molar refractivity (Wildman–Crippen MR) is 64.5 cm³/mol. The SMILES string of the molecule is CC(C)Oc1cc(Br)cc(C2OCCO2)c1F. The van der Waals surface area contributed by atoms with Gasteiger partial charge in [-0.3, -0.25) is 0 Å². The summed E-state index contributed by atoms with van der Waals surface area (Å²) in [6.07, 6.45) is -0.723. The summed E-state index contributed by atoms with van der Waals surface area (Å²) < 4.78 is 30.9. The fourth-order valence-electron chi connectivity index (χ4n) is 1.63. The van der Waals surface area contributed by atoms with Crippen molar-refractivity contribution in [1.29, 1.82) is 0 Å². The molecule has 3 nitrogen and oxygen atoms in total. The number of benzene rings is 1. The Morgan fingerprint density at radius 3 is 2.59 bits per heavy atom. The van der Waals surface area contributed by atoms with Crippen LogP contribution in [0.15, 0.2) is 16.6 Å². The van der Waals surface area contributed by atoms with Crippen molar-refractivity contribution in [3.63, 3.8) is 0 Å². The van der Waals surface area contributed by atoms with E-state index in [1.165, 1.54) is 0 Å². The van der Waals surface area contributed by atoms with Gasteiger partial charge in [-0.2, -0.15) is 0 Å². The van der Waals surface area contributed by atoms with Crippen molar-refractivity contribution in [1.82, 2.24) is 0 Å². The van der Waals surface area contributed by atoms with Crippen LogP contribution in [0.3, 0.4) is 0 Å². The highest BCUT2D eigenvalue weighted by molar-refractivity contribution is 9.10. The highest BCUT2D eigenvalue weighted by Gasteiger charge is 2.25. The lowest BCUT2D eigenvalue weighted by Gasteiger charge is -2.16. The molecule has 1 fully saturated rings. The third-order valence-corrected chi connectivity index (χ3v) is 2.73. The number of halogens is 2. The molecule has 94 valence electrons. The number of hydrogen-bond donors (Lipinski definition) is 0. The summed E-state index contributed by atoms with van der Waals surface area (Å²) in [4.78, 5) is 0. The van der Waals surface area contributed by atoms with Crippen molar-refractivity contribution >= 4 is 15.9 Å². The predicted octanol–water partition coefficient (Wildman–Crippen LogP) is 3.42. The Bertz CT molecular complexity index is 403. The van der Waals surface area contributed by atoms with E-state index >= 15 is 0 Å². The molecule has 0 radical (unpaired) electrons. The lowest BCUT2D eigenvalue weighted by atomic mass is 10.2. The van der Waals surface area contributed by atoms with Gasteiger partial charge in [0.2, 0.25) is 0 Å². The van der Waals surface area contributed by atoms with Gasteiger partial charge >= 0.3 is 0 Å². The van der Waals surface area contributed by atoms with Crippen molar-refractivity contribution in [3.05, 3.63) is 28.0 Å². The minimum atomic E-state index is -0.637. The third-order valence-electron chi connectivity index (χ3n) is 2.27. The summed E-state index contributed by atoms with van der Waals surface area (Å²) >= 11 is 3.33. The molecule has 5 heteroatoms. The Morgan fingerprint density at radius 2 is 2.00 bits per heavy atom. The molecule has 1 aromatic rings. The highest BCUT2D eigenvalue weighted by atomic mass is 79.9. The van der Waals surface area contributed by atoms with Gasteiger partial charge in [-0.25, -0.2) is 4.39 Å². The molecule has 0 bridgehead atoms. The van der Waals surface area contributed by atoms with Gasteiger partial charge in [0.15, 0.2) is 17.9 Å². The maximum Gasteiger partial charge on any atom is 0.187 e. The normalized spacial score (nSPS) is 16.8. The van der Waals surface area contributed by atoms with Crippen LogP contribution >= 0.6 is 15.9 Å². The standard InChI is InChI=1S/C12H14BrFO3/c1-7(2)17-10-6-8(13)5-9(11(10)14)12-15-3-4-16-12/h5-7,12H,3-4H2,1-2H3. The van der Waals surface area contributed by atoms with Crippen LogP contribution in [0, 0.1) is 5.82 Å². The molecule has 1 aliphatic heterocycles. The van der Waals surface area contributed by atoms with Gasteiger partial charge in [-0.1, -0.05) is 15.9 Å². The molecule has 0 atom stereocenters. The van der Waals surface area contributed by atoms with Gasteiger partial charge in [0.05, 0.1) is 19.3 Å². The maximum absolute atomic E-state index is 14.2. The third kappa shape index (κ3) is 2.97. The highest BCUT2D eigenvalue weighted by Crippen LogP contribution is 2.34. The molecule has 0 spiro atoms. The van der Waals surface area contributed by atoms with Crippen molar-refractivity contribution in [2.75, 3.05) is 13.2 Å². The molecular weight excluding hydrogens is 291 g/mol. The van der Waals surface area contributed by atoms with Crippen molar-refractivity contribution < 1.29 is 18.6 Å². The molecule has 0 unspecified atom stereocenters. The van der Waals surface area contributed by atoms with Gasteiger partial charge in [-0.05, 0) is 26.0 Å². The molecule has 1 heterocycles. The molecule has 0 amide bonds. The van der Waals surface area contributed by atoms with Crippen molar-refractivity contribution in [2.24, 2.45) is 0 Å². The Hall–Kier alpha value is -0.650. The first-order chi connectivity index (χ1) is 8.08. The topological polar surface area (TPSA) is 27.7 Å². The summed E-state index contributed by atoms with van der Waals surface area (Å²) in [7, 11) is 0. The van der Waals surface area contributed by atoms with Crippen molar-refractivity contribution in [2.45, 2.75) is 26.2 Å². The second-order valence-corrected chi connectivity index (χ2v) is 4.96. The van der Waals surface area contributed by atoms with Crippen LogP contribution in [0.25, 0.3) is 0 Å². The minimum Gasteiger partial charge on any atom is -0.488 e. The monoisotopic (exact) mass is 304 g/mol. The lowest BCUT2D eigenvalue weighted by Crippen LogP contribution is -2.10. The molecule has 17 heavy (non-hydrogen) atoms. The molecule has 0 saturated carbocycles. The molecule has 1 saturated heterocycles. The van der Waals surface area contributed by atoms with Crippen LogP contribution in [0.2, 0.25) is 0 Å².